The molecule has 0 aliphatic rings. The third-order valence-electron chi connectivity index (χ3n) is 3.16. The van der Waals surface area contributed by atoms with Crippen molar-refractivity contribution in [2.45, 2.75) is 46.1 Å². The third-order valence-corrected chi connectivity index (χ3v) is 3.16. The van der Waals surface area contributed by atoms with Crippen molar-refractivity contribution in [1.82, 2.24) is 4.98 Å². The zero-order valence-corrected chi connectivity index (χ0v) is 14.4. The highest BCUT2D eigenvalue weighted by molar-refractivity contribution is 5.93. The Labute approximate surface area is 141 Å². The summed E-state index contributed by atoms with van der Waals surface area (Å²) in [6, 6.07) is 5.47. The smallest absolute Gasteiger partial charge is 0.306 e. The molecule has 2 rings (SSSR count). The lowest BCUT2D eigenvalue weighted by molar-refractivity contribution is -0.155. The number of anilines is 1. The maximum Gasteiger partial charge on any atom is 0.306 e. The molecule has 2 aromatic rings. The maximum atomic E-state index is 12.0. The molecule has 1 amide bonds. The predicted molar refractivity (Wildman–Crippen MR) is 90.4 cm³/mol. The summed E-state index contributed by atoms with van der Waals surface area (Å²) < 4.78 is 10.5. The zero-order valence-electron chi connectivity index (χ0n) is 14.4. The topological polar surface area (TPSA) is 81.4 Å². The average molecular weight is 330 g/mol. The van der Waals surface area contributed by atoms with Gasteiger partial charge in [0.05, 0.1) is 12.6 Å². The zero-order chi connectivity index (χ0) is 17.7. The van der Waals surface area contributed by atoms with E-state index in [1.165, 1.54) is 6.26 Å². The molecule has 0 saturated carbocycles. The van der Waals surface area contributed by atoms with E-state index in [1.807, 2.05) is 13.0 Å². The maximum absolute atomic E-state index is 12.0. The van der Waals surface area contributed by atoms with Crippen LogP contribution in [0.3, 0.4) is 0 Å². The Morgan fingerprint density at radius 3 is 2.62 bits per heavy atom. The molecule has 1 aromatic heterocycles. The Morgan fingerprint density at radius 1 is 1.25 bits per heavy atom. The highest BCUT2D eigenvalue weighted by Gasteiger charge is 2.17. The number of hydrogen-bond donors (Lipinski definition) is 1. The number of aryl methyl sites for hydroxylation is 1. The van der Waals surface area contributed by atoms with E-state index in [0.717, 1.165) is 11.1 Å². The number of benzene rings is 1. The van der Waals surface area contributed by atoms with Crippen LogP contribution >= 0.6 is 0 Å². The highest BCUT2D eigenvalue weighted by Crippen LogP contribution is 2.25. The summed E-state index contributed by atoms with van der Waals surface area (Å²) in [6.07, 6.45) is 3.18. The Balaban J connectivity index is 1.95. The number of carbonyl (C=O) groups is 2. The minimum Gasteiger partial charge on any atom is -0.460 e. The number of nitrogens with one attached hydrogen (secondary N) is 1. The molecule has 6 nitrogen and oxygen atoms in total. The standard InChI is InChI=1S/C18H22N2O4/c1-12-5-6-13(11-14(12)17-19-9-10-23-17)20-15(21)7-8-16(22)24-18(2,3)4/h5-6,9-11H,7-8H2,1-4H3,(H,20,21). The van der Waals surface area contributed by atoms with Crippen LogP contribution in [0.15, 0.2) is 35.1 Å². The molecule has 0 aliphatic carbocycles. The van der Waals surface area contributed by atoms with Crippen LogP contribution < -0.4 is 5.32 Å². The molecule has 128 valence electrons. The fourth-order valence-electron chi connectivity index (χ4n) is 2.12. The fourth-order valence-corrected chi connectivity index (χ4v) is 2.12. The van der Waals surface area contributed by atoms with Gasteiger partial charge in [0.15, 0.2) is 0 Å². The lowest BCUT2D eigenvalue weighted by Crippen LogP contribution is -2.24. The first kappa shape index (κ1) is 17.7. The van der Waals surface area contributed by atoms with Gasteiger partial charge in [-0.1, -0.05) is 6.07 Å². The number of esters is 1. The fraction of sp³-hybridized carbons (Fsp3) is 0.389. The SMILES string of the molecule is Cc1ccc(NC(=O)CCC(=O)OC(C)(C)C)cc1-c1ncco1. The molecule has 0 saturated heterocycles. The van der Waals surface area contributed by atoms with Gasteiger partial charge < -0.3 is 14.5 Å². The summed E-state index contributed by atoms with van der Waals surface area (Å²) >= 11 is 0. The van der Waals surface area contributed by atoms with Gasteiger partial charge in [-0.05, 0) is 45.4 Å². The third kappa shape index (κ3) is 5.22. The van der Waals surface area contributed by atoms with Gasteiger partial charge in [-0.25, -0.2) is 4.98 Å². The molecule has 24 heavy (non-hydrogen) atoms. The van der Waals surface area contributed by atoms with Gasteiger partial charge >= 0.3 is 5.97 Å². The first-order valence-corrected chi connectivity index (χ1v) is 7.77. The van der Waals surface area contributed by atoms with E-state index in [-0.39, 0.29) is 24.7 Å². The molecule has 1 heterocycles. The summed E-state index contributed by atoms with van der Waals surface area (Å²) in [6.45, 7) is 7.32. The molecule has 0 atom stereocenters. The second-order valence-electron chi connectivity index (χ2n) is 6.50. The summed E-state index contributed by atoms with van der Waals surface area (Å²) in [7, 11) is 0. The normalized spacial score (nSPS) is 11.2. The molecule has 0 radical (unpaired) electrons. The van der Waals surface area contributed by atoms with E-state index in [4.69, 9.17) is 9.15 Å². The molecular formula is C18H22N2O4. The second-order valence-corrected chi connectivity index (χ2v) is 6.50. The number of rotatable bonds is 5. The Morgan fingerprint density at radius 2 is 2.00 bits per heavy atom. The first-order valence-electron chi connectivity index (χ1n) is 7.77. The molecule has 0 fully saturated rings. The molecule has 1 aromatic carbocycles. The van der Waals surface area contributed by atoms with Gasteiger partial charge in [0.25, 0.3) is 0 Å². The van der Waals surface area contributed by atoms with E-state index in [9.17, 15) is 9.59 Å². The lowest BCUT2D eigenvalue weighted by atomic mass is 10.1. The van der Waals surface area contributed by atoms with Crippen molar-refractivity contribution in [2.24, 2.45) is 0 Å². The largest absolute Gasteiger partial charge is 0.460 e. The van der Waals surface area contributed by atoms with Crippen LogP contribution in [0.1, 0.15) is 39.2 Å². The van der Waals surface area contributed by atoms with Crippen molar-refractivity contribution >= 4 is 17.6 Å². The number of amides is 1. The number of aromatic nitrogens is 1. The van der Waals surface area contributed by atoms with Gasteiger partial charge in [-0.2, -0.15) is 0 Å². The van der Waals surface area contributed by atoms with Crippen LogP contribution in [0, 0.1) is 6.92 Å². The van der Waals surface area contributed by atoms with Crippen LogP contribution in [0.4, 0.5) is 5.69 Å². The van der Waals surface area contributed by atoms with Crippen LogP contribution in [-0.4, -0.2) is 22.5 Å². The molecule has 0 unspecified atom stereocenters. The van der Waals surface area contributed by atoms with E-state index < -0.39 is 5.60 Å². The van der Waals surface area contributed by atoms with E-state index in [2.05, 4.69) is 10.3 Å². The number of nitrogens with zero attached hydrogens (tertiary/aromatic N) is 1. The van der Waals surface area contributed by atoms with Crippen LogP contribution in [0.2, 0.25) is 0 Å². The minimum atomic E-state index is -0.546. The molecule has 1 N–H and O–H groups in total. The van der Waals surface area contributed by atoms with Crippen molar-refractivity contribution in [3.63, 3.8) is 0 Å². The van der Waals surface area contributed by atoms with Crippen molar-refractivity contribution in [3.05, 3.63) is 36.2 Å². The number of carbonyl (C=O) groups excluding carboxylic acids is 2. The summed E-state index contributed by atoms with van der Waals surface area (Å²) in [5.74, 6) is -0.137. The van der Waals surface area contributed by atoms with Crippen LogP contribution in [0.25, 0.3) is 11.5 Å². The van der Waals surface area contributed by atoms with Crippen molar-refractivity contribution in [3.8, 4) is 11.5 Å². The average Bonchev–Trinajstić information content (AvgIpc) is 2.99. The van der Waals surface area contributed by atoms with E-state index >= 15 is 0 Å². The Hall–Kier alpha value is -2.63. The van der Waals surface area contributed by atoms with Gasteiger partial charge in [-0.15, -0.1) is 0 Å². The van der Waals surface area contributed by atoms with E-state index in [0.29, 0.717) is 11.6 Å². The predicted octanol–water partition coefficient (Wildman–Crippen LogP) is 3.71. The highest BCUT2D eigenvalue weighted by atomic mass is 16.6. The second kappa shape index (κ2) is 7.29. The van der Waals surface area contributed by atoms with Gasteiger partial charge in [0, 0.05) is 17.7 Å². The van der Waals surface area contributed by atoms with Gasteiger partial charge in [-0.3, -0.25) is 9.59 Å². The van der Waals surface area contributed by atoms with Crippen molar-refractivity contribution in [1.29, 1.82) is 0 Å². The van der Waals surface area contributed by atoms with Gasteiger partial charge in [0.1, 0.15) is 11.9 Å². The van der Waals surface area contributed by atoms with Crippen molar-refractivity contribution < 1.29 is 18.7 Å². The number of oxazole rings is 1. The summed E-state index contributed by atoms with van der Waals surface area (Å²) in [5.41, 5.74) is 1.88. The number of hydrogen-bond acceptors (Lipinski definition) is 5. The molecule has 0 aliphatic heterocycles. The minimum absolute atomic E-state index is 0.0432. The summed E-state index contributed by atoms with van der Waals surface area (Å²) in [5, 5.41) is 2.77. The van der Waals surface area contributed by atoms with E-state index in [1.54, 1.807) is 39.1 Å². The molecule has 0 spiro atoms. The van der Waals surface area contributed by atoms with Crippen LogP contribution in [0.5, 0.6) is 0 Å². The summed E-state index contributed by atoms with van der Waals surface area (Å²) in [4.78, 5) is 27.8. The first-order chi connectivity index (χ1) is 11.2. The number of ether oxygens (including phenoxy) is 1. The Kier molecular flexibility index (Phi) is 5.39. The molecule has 6 heteroatoms. The molecule has 0 bridgehead atoms. The van der Waals surface area contributed by atoms with Gasteiger partial charge in [0.2, 0.25) is 11.8 Å². The lowest BCUT2D eigenvalue weighted by Gasteiger charge is -2.19. The molecular weight excluding hydrogens is 308 g/mol. The van der Waals surface area contributed by atoms with Crippen molar-refractivity contribution in [2.75, 3.05) is 5.32 Å². The monoisotopic (exact) mass is 330 g/mol. The Bertz CT molecular complexity index is 715. The van der Waals surface area contributed by atoms with Crippen LogP contribution in [-0.2, 0) is 14.3 Å². The quantitative estimate of drug-likeness (QED) is 0.845.